The number of carbonyl (C=O) groups excluding carboxylic acids is 1. The molecule has 3 heterocycles. The number of hydrogen-bond donors (Lipinski definition) is 2. The Morgan fingerprint density at radius 2 is 1.86 bits per heavy atom. The van der Waals surface area contributed by atoms with Crippen molar-refractivity contribution < 1.29 is 23.4 Å². The molecule has 3 aromatic heterocycles. The van der Waals surface area contributed by atoms with Crippen LogP contribution < -0.4 is 25.1 Å². The van der Waals surface area contributed by atoms with E-state index in [1.807, 2.05) is 0 Å². The van der Waals surface area contributed by atoms with Crippen molar-refractivity contribution in [3.63, 3.8) is 0 Å². The Hall–Kier alpha value is -4.80. The first-order valence-corrected chi connectivity index (χ1v) is 10.4. The van der Waals surface area contributed by atoms with Gasteiger partial charge in [0, 0.05) is 23.9 Å². The molecule has 11 nitrogen and oxygen atoms in total. The second kappa shape index (κ2) is 10.00. The number of anilines is 1. The summed E-state index contributed by atoms with van der Waals surface area (Å²) in [4.78, 5) is 31.7. The van der Waals surface area contributed by atoms with Gasteiger partial charge in [0.1, 0.15) is 11.5 Å². The molecule has 0 fully saturated rings. The van der Waals surface area contributed by atoms with Crippen LogP contribution in [0.4, 0.5) is 5.82 Å². The molecule has 180 valence electrons. The zero-order chi connectivity index (χ0) is 24.9. The lowest BCUT2D eigenvalue weighted by atomic mass is 10.1. The number of methoxy groups -OCH3 is 3. The lowest BCUT2D eigenvalue weighted by Gasteiger charge is -2.12. The average molecular weight is 477 g/mol. The molecule has 0 radical (unpaired) electrons. The SMILES string of the molecule is COc1cc(/C=C\C(=O)Nc2cc(-c3ccco3)nn2-c2nc(C)cc(=O)[nH]2)cc(OC)c1OC. The maximum atomic E-state index is 12.8. The van der Waals surface area contributed by atoms with Gasteiger partial charge < -0.3 is 23.9 Å². The summed E-state index contributed by atoms with van der Waals surface area (Å²) in [5, 5.41) is 7.21. The molecular weight excluding hydrogens is 454 g/mol. The molecule has 4 aromatic rings. The van der Waals surface area contributed by atoms with Crippen LogP contribution in [-0.4, -0.2) is 47.0 Å². The second-order valence-corrected chi connectivity index (χ2v) is 7.30. The van der Waals surface area contributed by atoms with Crippen LogP contribution in [0, 0.1) is 6.92 Å². The Morgan fingerprint density at radius 3 is 2.46 bits per heavy atom. The predicted molar refractivity (Wildman–Crippen MR) is 128 cm³/mol. The highest BCUT2D eigenvalue weighted by Gasteiger charge is 2.17. The molecule has 35 heavy (non-hydrogen) atoms. The summed E-state index contributed by atoms with van der Waals surface area (Å²) in [7, 11) is 4.54. The summed E-state index contributed by atoms with van der Waals surface area (Å²) >= 11 is 0. The number of aryl methyl sites for hydroxylation is 1. The third-order valence-corrected chi connectivity index (χ3v) is 4.91. The molecule has 0 aliphatic rings. The minimum absolute atomic E-state index is 0.150. The van der Waals surface area contributed by atoms with E-state index in [0.29, 0.717) is 40.0 Å². The molecule has 0 spiro atoms. The summed E-state index contributed by atoms with van der Waals surface area (Å²) in [6.45, 7) is 1.69. The highest BCUT2D eigenvalue weighted by molar-refractivity contribution is 6.01. The van der Waals surface area contributed by atoms with E-state index in [2.05, 4.69) is 20.4 Å². The van der Waals surface area contributed by atoms with Gasteiger partial charge in [-0.05, 0) is 42.8 Å². The molecule has 2 N–H and O–H groups in total. The lowest BCUT2D eigenvalue weighted by Crippen LogP contribution is -2.17. The quantitative estimate of drug-likeness (QED) is 0.370. The monoisotopic (exact) mass is 477 g/mol. The number of carbonyl (C=O) groups is 1. The van der Waals surface area contributed by atoms with Crippen molar-refractivity contribution in [3.8, 4) is 34.7 Å². The smallest absolute Gasteiger partial charge is 0.252 e. The first kappa shape index (κ1) is 23.4. The first-order chi connectivity index (χ1) is 16.9. The molecule has 4 rings (SSSR count). The topological polar surface area (TPSA) is 134 Å². The average Bonchev–Trinajstić information content (AvgIpc) is 3.51. The molecule has 0 bridgehead atoms. The van der Waals surface area contributed by atoms with Crippen molar-refractivity contribution in [3.05, 3.63) is 70.3 Å². The molecule has 0 saturated carbocycles. The Kier molecular flexibility index (Phi) is 6.67. The van der Waals surface area contributed by atoms with Gasteiger partial charge in [0.05, 0.1) is 27.6 Å². The van der Waals surface area contributed by atoms with Crippen LogP contribution in [0.1, 0.15) is 11.3 Å². The van der Waals surface area contributed by atoms with Crippen molar-refractivity contribution in [1.82, 2.24) is 19.7 Å². The van der Waals surface area contributed by atoms with Gasteiger partial charge in [-0.25, -0.2) is 4.98 Å². The van der Waals surface area contributed by atoms with Crippen LogP contribution in [0.15, 0.2) is 57.9 Å². The standard InChI is InChI=1S/C24H23N5O6/c1-14-10-22(31)27-24(25-14)29-20(13-16(28-29)17-6-5-9-35-17)26-21(30)8-7-15-11-18(32-2)23(34-4)19(12-15)33-3/h5-13H,1-4H3,(H,26,30)(H,25,27,31)/b8-7-. The Labute approximate surface area is 200 Å². The van der Waals surface area contributed by atoms with Gasteiger partial charge in [-0.15, -0.1) is 0 Å². The largest absolute Gasteiger partial charge is 0.493 e. The number of nitrogens with zero attached hydrogens (tertiary/aromatic N) is 3. The number of amides is 1. The van der Waals surface area contributed by atoms with Crippen LogP contribution in [0.3, 0.4) is 0 Å². The normalized spacial score (nSPS) is 11.0. The van der Waals surface area contributed by atoms with Gasteiger partial charge >= 0.3 is 0 Å². The number of H-pyrrole nitrogens is 1. The summed E-state index contributed by atoms with van der Waals surface area (Å²) in [5.41, 5.74) is 1.26. The van der Waals surface area contributed by atoms with Crippen molar-refractivity contribution in [2.45, 2.75) is 6.92 Å². The van der Waals surface area contributed by atoms with E-state index >= 15 is 0 Å². The number of aromatic amines is 1. The Morgan fingerprint density at radius 1 is 1.11 bits per heavy atom. The number of aromatic nitrogens is 4. The molecule has 1 aromatic carbocycles. The third kappa shape index (κ3) is 5.08. The number of rotatable bonds is 8. The summed E-state index contributed by atoms with van der Waals surface area (Å²) in [6.07, 6.45) is 4.46. The Balaban J connectivity index is 1.65. The first-order valence-electron chi connectivity index (χ1n) is 10.4. The molecule has 0 saturated heterocycles. The summed E-state index contributed by atoms with van der Waals surface area (Å²) in [5.74, 6) is 1.85. The van der Waals surface area contributed by atoms with E-state index in [1.165, 1.54) is 44.4 Å². The van der Waals surface area contributed by atoms with Gasteiger partial charge in [0.15, 0.2) is 17.3 Å². The van der Waals surface area contributed by atoms with Crippen molar-refractivity contribution >= 4 is 17.8 Å². The van der Waals surface area contributed by atoms with E-state index in [1.54, 1.807) is 43.3 Å². The van der Waals surface area contributed by atoms with Gasteiger partial charge in [0.2, 0.25) is 17.6 Å². The van der Waals surface area contributed by atoms with Crippen molar-refractivity contribution in [2.24, 2.45) is 0 Å². The molecule has 0 atom stereocenters. The second-order valence-electron chi connectivity index (χ2n) is 7.30. The van der Waals surface area contributed by atoms with Crippen LogP contribution in [0.2, 0.25) is 0 Å². The van der Waals surface area contributed by atoms with Gasteiger partial charge in [-0.3, -0.25) is 14.6 Å². The van der Waals surface area contributed by atoms with E-state index in [9.17, 15) is 9.59 Å². The van der Waals surface area contributed by atoms with Crippen molar-refractivity contribution in [1.29, 1.82) is 0 Å². The summed E-state index contributed by atoms with van der Waals surface area (Å²) in [6, 6.07) is 9.86. The van der Waals surface area contributed by atoms with Crippen LogP contribution in [0.5, 0.6) is 17.2 Å². The number of furan rings is 1. The van der Waals surface area contributed by atoms with E-state index < -0.39 is 5.91 Å². The maximum Gasteiger partial charge on any atom is 0.252 e. The van der Waals surface area contributed by atoms with E-state index in [0.717, 1.165) is 0 Å². The summed E-state index contributed by atoms with van der Waals surface area (Å²) < 4.78 is 22.8. The number of benzene rings is 1. The molecule has 0 aliphatic heterocycles. The molecule has 0 aliphatic carbocycles. The van der Waals surface area contributed by atoms with Crippen LogP contribution in [-0.2, 0) is 4.79 Å². The fourth-order valence-electron chi connectivity index (χ4n) is 3.38. The van der Waals surface area contributed by atoms with Crippen LogP contribution in [0.25, 0.3) is 23.5 Å². The molecule has 11 heteroatoms. The molecule has 0 unspecified atom stereocenters. The van der Waals surface area contributed by atoms with E-state index in [-0.39, 0.29) is 17.3 Å². The third-order valence-electron chi connectivity index (χ3n) is 4.91. The molecular formula is C24H23N5O6. The van der Waals surface area contributed by atoms with Gasteiger partial charge in [0.25, 0.3) is 5.56 Å². The number of nitrogens with one attached hydrogen (secondary N) is 2. The minimum atomic E-state index is -0.444. The zero-order valence-corrected chi connectivity index (χ0v) is 19.5. The Bertz CT molecular complexity index is 1410. The fraction of sp³-hybridized carbons (Fsp3) is 0.167. The maximum absolute atomic E-state index is 12.8. The van der Waals surface area contributed by atoms with Crippen molar-refractivity contribution in [2.75, 3.05) is 26.6 Å². The predicted octanol–water partition coefficient (Wildman–Crippen LogP) is 3.20. The highest BCUT2D eigenvalue weighted by atomic mass is 16.5. The zero-order valence-electron chi connectivity index (χ0n) is 19.5. The van der Waals surface area contributed by atoms with Crippen LogP contribution >= 0.6 is 0 Å². The fourth-order valence-corrected chi connectivity index (χ4v) is 3.38. The lowest BCUT2D eigenvalue weighted by molar-refractivity contribution is -0.111. The number of ether oxygens (including phenoxy) is 3. The molecule has 1 amide bonds. The van der Waals surface area contributed by atoms with Gasteiger partial charge in [-0.2, -0.15) is 9.78 Å². The highest BCUT2D eigenvalue weighted by Crippen LogP contribution is 2.38. The van der Waals surface area contributed by atoms with E-state index in [4.69, 9.17) is 18.6 Å². The minimum Gasteiger partial charge on any atom is -0.493 e. The van der Waals surface area contributed by atoms with Gasteiger partial charge in [-0.1, -0.05) is 0 Å². The number of hydrogen-bond acceptors (Lipinski definition) is 8.